The van der Waals surface area contributed by atoms with Gasteiger partial charge in [-0.2, -0.15) is 0 Å². The molecule has 0 aliphatic carbocycles. The zero-order chi connectivity index (χ0) is 16.2. The molecule has 0 aliphatic rings. The summed E-state index contributed by atoms with van der Waals surface area (Å²) in [7, 11) is 0. The van der Waals surface area contributed by atoms with E-state index in [0.717, 1.165) is 30.3 Å². The fraction of sp³-hybridized carbons (Fsp3) is 0.421. The standard InChI is InChI=1S/C19H25N3S/c1-4-6-11-21(5-2)14-16-8-7-12-22(16)19-20-17-10-9-15(3)13-18(17)23-19/h7-10,12-13H,4-6,11,14H2,1-3H3. The minimum Gasteiger partial charge on any atom is -0.298 e. The number of unbranched alkanes of at least 4 members (excludes halogenated alkanes) is 1. The Bertz CT molecular complexity index is 772. The van der Waals surface area contributed by atoms with Crippen molar-refractivity contribution in [3.63, 3.8) is 0 Å². The summed E-state index contributed by atoms with van der Waals surface area (Å²) in [5.41, 5.74) is 3.70. The maximum Gasteiger partial charge on any atom is 0.194 e. The topological polar surface area (TPSA) is 21.1 Å². The molecule has 23 heavy (non-hydrogen) atoms. The molecule has 0 aliphatic heterocycles. The van der Waals surface area contributed by atoms with Gasteiger partial charge < -0.3 is 0 Å². The number of aromatic nitrogens is 2. The summed E-state index contributed by atoms with van der Waals surface area (Å²) in [5.74, 6) is 0. The van der Waals surface area contributed by atoms with Gasteiger partial charge in [0, 0.05) is 18.4 Å². The average Bonchev–Trinajstić information content (AvgIpc) is 3.16. The van der Waals surface area contributed by atoms with E-state index in [1.807, 2.05) is 0 Å². The Morgan fingerprint density at radius 3 is 2.87 bits per heavy atom. The van der Waals surface area contributed by atoms with Crippen molar-refractivity contribution in [2.45, 2.75) is 40.2 Å². The van der Waals surface area contributed by atoms with E-state index >= 15 is 0 Å². The van der Waals surface area contributed by atoms with E-state index in [1.165, 1.54) is 28.8 Å². The second-order valence-electron chi connectivity index (χ2n) is 6.06. The highest BCUT2D eigenvalue weighted by atomic mass is 32.1. The van der Waals surface area contributed by atoms with Gasteiger partial charge in [-0.15, -0.1) is 0 Å². The molecule has 0 saturated heterocycles. The first-order valence-corrected chi connectivity index (χ1v) is 9.29. The van der Waals surface area contributed by atoms with Gasteiger partial charge in [-0.3, -0.25) is 9.47 Å². The van der Waals surface area contributed by atoms with Gasteiger partial charge >= 0.3 is 0 Å². The fourth-order valence-corrected chi connectivity index (χ4v) is 3.89. The Labute approximate surface area is 142 Å². The van der Waals surface area contributed by atoms with Crippen molar-refractivity contribution in [3.8, 4) is 5.13 Å². The Kier molecular flexibility index (Phi) is 5.13. The van der Waals surface area contributed by atoms with Gasteiger partial charge in [0.1, 0.15) is 0 Å². The molecule has 1 aromatic carbocycles. The lowest BCUT2D eigenvalue weighted by Gasteiger charge is -2.20. The number of nitrogens with zero attached hydrogens (tertiary/aromatic N) is 3. The normalized spacial score (nSPS) is 11.7. The summed E-state index contributed by atoms with van der Waals surface area (Å²) in [6.07, 6.45) is 4.64. The van der Waals surface area contributed by atoms with E-state index in [0.29, 0.717) is 0 Å². The molecule has 0 radical (unpaired) electrons. The first-order chi connectivity index (χ1) is 11.2. The molecule has 0 saturated carbocycles. The lowest BCUT2D eigenvalue weighted by atomic mass is 10.2. The second kappa shape index (κ2) is 7.28. The Hall–Kier alpha value is -1.65. The van der Waals surface area contributed by atoms with Gasteiger partial charge in [0.15, 0.2) is 5.13 Å². The van der Waals surface area contributed by atoms with E-state index in [9.17, 15) is 0 Å². The van der Waals surface area contributed by atoms with Gasteiger partial charge in [-0.1, -0.05) is 37.7 Å². The number of thiazole rings is 1. The third-order valence-corrected chi connectivity index (χ3v) is 5.25. The van der Waals surface area contributed by atoms with Crippen LogP contribution in [-0.2, 0) is 6.54 Å². The molecule has 4 heteroatoms. The van der Waals surface area contributed by atoms with Gasteiger partial charge in [-0.05, 0) is 56.3 Å². The summed E-state index contributed by atoms with van der Waals surface area (Å²) in [6.45, 7) is 9.86. The smallest absolute Gasteiger partial charge is 0.194 e. The third kappa shape index (κ3) is 3.65. The van der Waals surface area contributed by atoms with Crippen LogP contribution in [0.3, 0.4) is 0 Å². The largest absolute Gasteiger partial charge is 0.298 e. The van der Waals surface area contributed by atoms with Crippen molar-refractivity contribution in [3.05, 3.63) is 47.8 Å². The summed E-state index contributed by atoms with van der Waals surface area (Å²) in [6, 6.07) is 10.8. The predicted molar refractivity (Wildman–Crippen MR) is 99.5 cm³/mol. The fourth-order valence-electron chi connectivity index (χ4n) is 2.81. The van der Waals surface area contributed by atoms with Crippen LogP contribution in [0.4, 0.5) is 0 Å². The van der Waals surface area contributed by atoms with Crippen LogP contribution in [0, 0.1) is 6.92 Å². The quantitative estimate of drug-likeness (QED) is 0.608. The van der Waals surface area contributed by atoms with Crippen LogP contribution in [0.15, 0.2) is 36.5 Å². The highest BCUT2D eigenvalue weighted by Gasteiger charge is 2.11. The van der Waals surface area contributed by atoms with Gasteiger partial charge in [0.2, 0.25) is 0 Å². The van der Waals surface area contributed by atoms with Gasteiger partial charge in [0.25, 0.3) is 0 Å². The molecule has 0 spiro atoms. The molecule has 3 rings (SSSR count). The van der Waals surface area contributed by atoms with E-state index < -0.39 is 0 Å². The summed E-state index contributed by atoms with van der Waals surface area (Å²) >= 11 is 1.77. The Morgan fingerprint density at radius 1 is 1.22 bits per heavy atom. The molecular formula is C19H25N3S. The highest BCUT2D eigenvalue weighted by Crippen LogP contribution is 2.27. The predicted octanol–water partition coefficient (Wildman–Crippen LogP) is 5.02. The van der Waals surface area contributed by atoms with Crippen molar-refractivity contribution in [2.24, 2.45) is 0 Å². The zero-order valence-corrected chi connectivity index (χ0v) is 15.1. The monoisotopic (exact) mass is 327 g/mol. The number of fused-ring (bicyclic) bond motifs is 1. The minimum atomic E-state index is 0.985. The molecule has 0 fully saturated rings. The molecule has 3 aromatic rings. The maximum absolute atomic E-state index is 4.82. The van der Waals surface area contributed by atoms with Crippen LogP contribution in [0.1, 0.15) is 37.9 Å². The first kappa shape index (κ1) is 16.2. The number of hydrogen-bond donors (Lipinski definition) is 0. The van der Waals surface area contributed by atoms with Crippen LogP contribution < -0.4 is 0 Å². The van der Waals surface area contributed by atoms with Crippen LogP contribution in [0.2, 0.25) is 0 Å². The van der Waals surface area contributed by atoms with Crippen LogP contribution >= 0.6 is 11.3 Å². The third-order valence-electron chi connectivity index (χ3n) is 4.23. The number of benzene rings is 1. The second-order valence-corrected chi connectivity index (χ2v) is 7.07. The van der Waals surface area contributed by atoms with Crippen molar-refractivity contribution in [2.75, 3.05) is 13.1 Å². The van der Waals surface area contributed by atoms with Gasteiger partial charge in [0.05, 0.1) is 10.2 Å². The molecule has 0 amide bonds. The average molecular weight is 327 g/mol. The zero-order valence-electron chi connectivity index (χ0n) is 14.2. The van der Waals surface area contributed by atoms with Crippen LogP contribution in [-0.4, -0.2) is 27.5 Å². The molecule has 0 unspecified atom stereocenters. The minimum absolute atomic E-state index is 0.985. The SMILES string of the molecule is CCCCN(CC)Cc1cccn1-c1nc2ccc(C)cc2s1. The molecule has 2 heterocycles. The first-order valence-electron chi connectivity index (χ1n) is 8.47. The van der Waals surface area contributed by atoms with Crippen molar-refractivity contribution >= 4 is 21.6 Å². The van der Waals surface area contributed by atoms with Crippen molar-refractivity contribution in [1.29, 1.82) is 0 Å². The lowest BCUT2D eigenvalue weighted by Crippen LogP contribution is -2.25. The molecular weight excluding hydrogens is 302 g/mol. The molecule has 0 atom stereocenters. The van der Waals surface area contributed by atoms with E-state index in [4.69, 9.17) is 4.98 Å². The maximum atomic E-state index is 4.82. The van der Waals surface area contributed by atoms with Gasteiger partial charge in [-0.25, -0.2) is 4.98 Å². The Balaban J connectivity index is 1.86. The van der Waals surface area contributed by atoms with E-state index in [1.54, 1.807) is 11.3 Å². The molecule has 3 nitrogen and oxygen atoms in total. The van der Waals surface area contributed by atoms with Crippen LogP contribution in [0.25, 0.3) is 15.3 Å². The van der Waals surface area contributed by atoms with E-state index in [2.05, 4.69) is 66.8 Å². The summed E-state index contributed by atoms with van der Waals surface area (Å²) in [4.78, 5) is 7.32. The van der Waals surface area contributed by atoms with Crippen molar-refractivity contribution < 1.29 is 0 Å². The number of rotatable bonds is 7. The number of aryl methyl sites for hydroxylation is 1. The molecule has 0 bridgehead atoms. The molecule has 2 aromatic heterocycles. The van der Waals surface area contributed by atoms with E-state index in [-0.39, 0.29) is 0 Å². The molecule has 0 N–H and O–H groups in total. The summed E-state index contributed by atoms with van der Waals surface area (Å²) in [5, 5.41) is 1.07. The van der Waals surface area contributed by atoms with Crippen molar-refractivity contribution in [1.82, 2.24) is 14.5 Å². The highest BCUT2D eigenvalue weighted by molar-refractivity contribution is 7.20. The Morgan fingerprint density at radius 2 is 2.09 bits per heavy atom. The lowest BCUT2D eigenvalue weighted by molar-refractivity contribution is 0.271. The molecule has 122 valence electrons. The van der Waals surface area contributed by atoms with Crippen LogP contribution in [0.5, 0.6) is 0 Å². The summed E-state index contributed by atoms with van der Waals surface area (Å²) < 4.78 is 3.51. The number of hydrogen-bond acceptors (Lipinski definition) is 3.